The van der Waals surface area contributed by atoms with Crippen molar-refractivity contribution in [1.29, 1.82) is 0 Å². The van der Waals surface area contributed by atoms with E-state index in [-0.39, 0.29) is 16.6 Å². The molecule has 1 heterocycles. The van der Waals surface area contributed by atoms with Gasteiger partial charge in [0, 0.05) is 32.1 Å². The number of nitrogen functional groups attached to an aromatic ring is 1. The average Bonchev–Trinajstić information content (AvgIpc) is 2.43. The van der Waals surface area contributed by atoms with E-state index in [2.05, 4.69) is 4.98 Å². The fourth-order valence-corrected chi connectivity index (χ4v) is 3.93. The van der Waals surface area contributed by atoms with Crippen LogP contribution in [-0.2, 0) is 14.8 Å². The highest BCUT2D eigenvalue weighted by molar-refractivity contribution is 7.89. The Labute approximate surface area is 121 Å². The first-order valence-corrected chi connectivity index (χ1v) is 8.13. The molecule has 114 valence electrons. The number of hydrogen-bond donors (Lipinski definition) is 1. The van der Waals surface area contributed by atoms with E-state index >= 15 is 0 Å². The summed E-state index contributed by atoms with van der Waals surface area (Å²) < 4.78 is 32.0. The minimum atomic E-state index is -3.66. The van der Waals surface area contributed by atoms with Gasteiger partial charge in [-0.15, -0.1) is 0 Å². The molecule has 1 rings (SSSR count). The second kappa shape index (κ2) is 7.56. The fraction of sp³-hybridized carbons (Fsp3) is 0.615. The molecule has 20 heavy (non-hydrogen) atoms. The smallest absolute Gasteiger partial charge is 0.246 e. The van der Waals surface area contributed by atoms with Crippen LogP contribution < -0.4 is 5.73 Å². The molecule has 0 fully saturated rings. The van der Waals surface area contributed by atoms with Gasteiger partial charge in [0.2, 0.25) is 10.0 Å². The normalized spacial score (nSPS) is 12.2. The molecule has 0 radical (unpaired) electrons. The maximum Gasteiger partial charge on any atom is 0.246 e. The summed E-state index contributed by atoms with van der Waals surface area (Å²) in [6, 6.07) is 1.42. The molecule has 0 aromatic carbocycles. The van der Waals surface area contributed by atoms with Gasteiger partial charge in [0.25, 0.3) is 0 Å². The Morgan fingerprint density at radius 3 is 2.55 bits per heavy atom. The third-order valence-corrected chi connectivity index (χ3v) is 5.26. The van der Waals surface area contributed by atoms with Crippen molar-refractivity contribution < 1.29 is 13.2 Å². The van der Waals surface area contributed by atoms with Crippen LogP contribution in [0.4, 0.5) is 5.69 Å². The molecule has 0 saturated carbocycles. The number of methoxy groups -OCH3 is 1. The van der Waals surface area contributed by atoms with Crippen LogP contribution in [0.1, 0.15) is 26.7 Å². The van der Waals surface area contributed by atoms with Gasteiger partial charge in [0.15, 0.2) is 0 Å². The summed E-state index contributed by atoms with van der Waals surface area (Å²) in [5.41, 5.74) is 6.00. The summed E-state index contributed by atoms with van der Waals surface area (Å²) in [5, 5.41) is 0. The van der Waals surface area contributed by atoms with Gasteiger partial charge in [-0.05, 0) is 18.9 Å². The largest absolute Gasteiger partial charge is 0.398 e. The molecular formula is C13H23N3O3S. The van der Waals surface area contributed by atoms with Gasteiger partial charge in [-0.1, -0.05) is 13.8 Å². The van der Waals surface area contributed by atoms with Gasteiger partial charge in [-0.2, -0.15) is 4.31 Å². The van der Waals surface area contributed by atoms with Crippen LogP contribution in [0.2, 0.25) is 0 Å². The van der Waals surface area contributed by atoms with Gasteiger partial charge in [-0.25, -0.2) is 8.42 Å². The lowest BCUT2D eigenvalue weighted by Gasteiger charge is -2.29. The zero-order valence-electron chi connectivity index (χ0n) is 12.2. The highest BCUT2D eigenvalue weighted by atomic mass is 32.2. The molecule has 1 aromatic rings. The third-order valence-electron chi connectivity index (χ3n) is 3.27. The second-order valence-corrected chi connectivity index (χ2v) is 6.35. The topological polar surface area (TPSA) is 85.5 Å². The first kappa shape index (κ1) is 16.9. The Morgan fingerprint density at radius 2 is 2.05 bits per heavy atom. The zero-order valence-corrected chi connectivity index (χ0v) is 13.1. The lowest BCUT2D eigenvalue weighted by Crippen LogP contribution is -2.42. The molecule has 0 bridgehead atoms. The van der Waals surface area contributed by atoms with Gasteiger partial charge in [0.1, 0.15) is 4.90 Å². The summed E-state index contributed by atoms with van der Waals surface area (Å²) in [4.78, 5) is 3.93. The van der Waals surface area contributed by atoms with Crippen LogP contribution in [0.15, 0.2) is 23.4 Å². The Kier molecular flexibility index (Phi) is 6.38. The number of pyridine rings is 1. The molecule has 0 saturated heterocycles. The maximum atomic E-state index is 12.8. The average molecular weight is 301 g/mol. The van der Waals surface area contributed by atoms with Crippen molar-refractivity contribution in [2.75, 3.05) is 26.0 Å². The molecular weight excluding hydrogens is 278 g/mol. The lowest BCUT2D eigenvalue weighted by molar-refractivity contribution is 0.163. The Morgan fingerprint density at radius 1 is 1.40 bits per heavy atom. The van der Waals surface area contributed by atoms with E-state index in [0.29, 0.717) is 13.2 Å². The fourth-order valence-electron chi connectivity index (χ4n) is 2.11. The van der Waals surface area contributed by atoms with E-state index in [1.54, 1.807) is 7.11 Å². The summed E-state index contributed by atoms with van der Waals surface area (Å²) >= 11 is 0. The molecule has 7 heteroatoms. The first-order chi connectivity index (χ1) is 9.48. The lowest BCUT2D eigenvalue weighted by atomic mass is 10.2. The Hall–Kier alpha value is -1.18. The quantitative estimate of drug-likeness (QED) is 0.786. The highest BCUT2D eigenvalue weighted by Gasteiger charge is 2.31. The number of hydrogen-bond acceptors (Lipinski definition) is 5. The number of aromatic nitrogens is 1. The van der Waals surface area contributed by atoms with Gasteiger partial charge in [-0.3, -0.25) is 4.98 Å². The SMILES string of the molecule is CCC(CC)N(CCOC)S(=O)(=O)c1cnccc1N. The number of anilines is 1. The zero-order chi connectivity index (χ0) is 15.2. The van der Waals surface area contributed by atoms with E-state index in [0.717, 1.165) is 12.8 Å². The van der Waals surface area contributed by atoms with Crippen LogP contribution in [0.25, 0.3) is 0 Å². The van der Waals surface area contributed by atoms with Crippen LogP contribution in [0.5, 0.6) is 0 Å². The summed E-state index contributed by atoms with van der Waals surface area (Å²) in [5.74, 6) is 0. The number of nitrogens with two attached hydrogens (primary N) is 1. The Bertz CT molecular complexity index is 515. The number of ether oxygens (including phenoxy) is 1. The van der Waals surface area contributed by atoms with Crippen molar-refractivity contribution in [1.82, 2.24) is 9.29 Å². The van der Waals surface area contributed by atoms with Crippen molar-refractivity contribution in [3.8, 4) is 0 Å². The van der Waals surface area contributed by atoms with E-state index in [1.165, 1.54) is 22.8 Å². The summed E-state index contributed by atoms with van der Waals surface area (Å²) in [6.45, 7) is 4.58. The highest BCUT2D eigenvalue weighted by Crippen LogP contribution is 2.24. The van der Waals surface area contributed by atoms with Gasteiger partial charge >= 0.3 is 0 Å². The standard InChI is InChI=1S/C13H23N3O3S/c1-4-11(5-2)16(8-9-19-3)20(17,18)13-10-15-7-6-12(13)14/h6-7,10-11H,4-5,8-9H2,1-3H3,(H2,14,15). The number of rotatable bonds is 8. The second-order valence-electron chi connectivity index (χ2n) is 4.49. The van der Waals surface area contributed by atoms with Crippen molar-refractivity contribution >= 4 is 15.7 Å². The first-order valence-electron chi connectivity index (χ1n) is 6.69. The third kappa shape index (κ3) is 3.68. The monoisotopic (exact) mass is 301 g/mol. The van der Waals surface area contributed by atoms with Crippen molar-refractivity contribution in [3.05, 3.63) is 18.5 Å². The predicted molar refractivity (Wildman–Crippen MR) is 78.8 cm³/mol. The van der Waals surface area contributed by atoms with Crippen LogP contribution in [0, 0.1) is 0 Å². The number of nitrogens with zero attached hydrogens (tertiary/aromatic N) is 2. The molecule has 0 atom stereocenters. The van der Waals surface area contributed by atoms with Crippen LogP contribution in [0.3, 0.4) is 0 Å². The molecule has 1 aromatic heterocycles. The summed E-state index contributed by atoms with van der Waals surface area (Å²) in [6.07, 6.45) is 4.25. The van der Waals surface area contributed by atoms with E-state index < -0.39 is 10.0 Å². The molecule has 2 N–H and O–H groups in total. The molecule has 0 aliphatic carbocycles. The van der Waals surface area contributed by atoms with Crippen molar-refractivity contribution in [3.63, 3.8) is 0 Å². The Balaban J connectivity index is 3.20. The molecule has 0 unspecified atom stereocenters. The molecule has 0 spiro atoms. The molecule has 6 nitrogen and oxygen atoms in total. The van der Waals surface area contributed by atoms with Crippen LogP contribution in [-0.4, -0.2) is 44.0 Å². The maximum absolute atomic E-state index is 12.8. The molecule has 0 amide bonds. The van der Waals surface area contributed by atoms with E-state index in [9.17, 15) is 8.42 Å². The predicted octanol–water partition coefficient (Wildman–Crippen LogP) is 1.49. The molecule has 0 aliphatic rings. The van der Waals surface area contributed by atoms with Crippen LogP contribution >= 0.6 is 0 Å². The van der Waals surface area contributed by atoms with E-state index in [1.807, 2.05) is 13.8 Å². The minimum Gasteiger partial charge on any atom is -0.398 e. The van der Waals surface area contributed by atoms with E-state index in [4.69, 9.17) is 10.5 Å². The van der Waals surface area contributed by atoms with Crippen molar-refractivity contribution in [2.24, 2.45) is 0 Å². The molecule has 0 aliphatic heterocycles. The number of sulfonamides is 1. The van der Waals surface area contributed by atoms with Gasteiger partial charge in [0.05, 0.1) is 12.3 Å². The minimum absolute atomic E-state index is 0.0583. The van der Waals surface area contributed by atoms with Gasteiger partial charge < -0.3 is 10.5 Å². The van der Waals surface area contributed by atoms with Crippen molar-refractivity contribution in [2.45, 2.75) is 37.6 Å². The summed E-state index contributed by atoms with van der Waals surface area (Å²) in [7, 11) is -2.11.